The Hall–Kier alpha value is -1.29. The Morgan fingerprint density at radius 1 is 1.64 bits per heavy atom. The molecule has 1 aromatic rings. The van der Waals surface area contributed by atoms with Crippen molar-refractivity contribution in [2.45, 2.75) is 4.90 Å². The summed E-state index contributed by atoms with van der Waals surface area (Å²) in [6.07, 6.45) is 1.70. The molecule has 0 amide bonds. The van der Waals surface area contributed by atoms with Crippen molar-refractivity contribution in [2.75, 3.05) is 5.75 Å². The van der Waals surface area contributed by atoms with Gasteiger partial charge in [-0.05, 0) is 18.2 Å². The second kappa shape index (κ2) is 4.81. The third kappa shape index (κ3) is 2.60. The van der Waals surface area contributed by atoms with Crippen LogP contribution in [0, 0.1) is 5.82 Å². The Morgan fingerprint density at radius 3 is 2.93 bits per heavy atom. The van der Waals surface area contributed by atoms with Gasteiger partial charge >= 0.3 is 5.97 Å². The molecule has 0 saturated heterocycles. The number of rotatable bonds is 4. The third-order valence-electron chi connectivity index (χ3n) is 1.54. The Kier molecular flexibility index (Phi) is 3.71. The first-order chi connectivity index (χ1) is 6.65. The smallest absolute Gasteiger partial charge is 0.338 e. The highest BCUT2D eigenvalue weighted by atomic mass is 32.2. The van der Waals surface area contributed by atoms with E-state index in [1.807, 2.05) is 0 Å². The third-order valence-corrected chi connectivity index (χ3v) is 2.53. The highest BCUT2D eigenvalue weighted by molar-refractivity contribution is 7.99. The van der Waals surface area contributed by atoms with Gasteiger partial charge in [-0.3, -0.25) is 0 Å². The lowest BCUT2D eigenvalue weighted by Gasteiger charge is -2.01. The highest BCUT2D eigenvalue weighted by Crippen LogP contribution is 2.21. The van der Waals surface area contributed by atoms with E-state index in [2.05, 4.69) is 6.58 Å². The monoisotopic (exact) mass is 212 g/mol. The summed E-state index contributed by atoms with van der Waals surface area (Å²) in [5.74, 6) is -1.28. The van der Waals surface area contributed by atoms with Crippen LogP contribution in [0.1, 0.15) is 10.4 Å². The van der Waals surface area contributed by atoms with Crippen LogP contribution in [-0.2, 0) is 0 Å². The van der Waals surface area contributed by atoms with E-state index in [0.29, 0.717) is 5.75 Å². The molecule has 0 atom stereocenters. The average molecular weight is 212 g/mol. The first-order valence-electron chi connectivity index (χ1n) is 3.91. The lowest BCUT2D eigenvalue weighted by molar-refractivity contribution is 0.0691. The normalized spacial score (nSPS) is 9.79. The summed E-state index contributed by atoms with van der Waals surface area (Å²) in [6.45, 7) is 3.54. The van der Waals surface area contributed by atoms with Crippen molar-refractivity contribution in [1.82, 2.24) is 0 Å². The van der Waals surface area contributed by atoms with Crippen LogP contribution in [0.2, 0.25) is 0 Å². The number of hydrogen-bond acceptors (Lipinski definition) is 2. The molecule has 1 N–H and O–H groups in total. The number of halogens is 1. The van der Waals surface area contributed by atoms with Gasteiger partial charge in [0.1, 0.15) is 5.82 Å². The zero-order chi connectivity index (χ0) is 10.6. The largest absolute Gasteiger partial charge is 0.478 e. The first-order valence-corrected chi connectivity index (χ1v) is 4.90. The van der Waals surface area contributed by atoms with Gasteiger partial charge < -0.3 is 5.11 Å². The zero-order valence-corrected chi connectivity index (χ0v) is 8.18. The predicted molar refractivity (Wildman–Crippen MR) is 54.3 cm³/mol. The summed E-state index contributed by atoms with van der Waals surface area (Å²) in [7, 11) is 0. The number of carbonyl (C=O) groups is 1. The van der Waals surface area contributed by atoms with Crippen LogP contribution in [0.25, 0.3) is 0 Å². The second-order valence-electron chi connectivity index (χ2n) is 2.55. The van der Waals surface area contributed by atoms with Gasteiger partial charge in [0.05, 0.1) is 5.56 Å². The SMILES string of the molecule is C=CCSc1ccc(F)c(C(=O)O)c1. The van der Waals surface area contributed by atoms with E-state index in [0.717, 1.165) is 11.0 Å². The van der Waals surface area contributed by atoms with Crippen molar-refractivity contribution in [3.05, 3.63) is 42.2 Å². The fourth-order valence-corrected chi connectivity index (χ4v) is 1.59. The highest BCUT2D eigenvalue weighted by Gasteiger charge is 2.10. The molecule has 0 heterocycles. The molecule has 1 rings (SSSR count). The van der Waals surface area contributed by atoms with Crippen molar-refractivity contribution < 1.29 is 14.3 Å². The van der Waals surface area contributed by atoms with Crippen LogP contribution in [0.15, 0.2) is 35.7 Å². The maximum Gasteiger partial charge on any atom is 0.338 e. The molecule has 0 radical (unpaired) electrons. The Bertz CT molecular complexity index is 363. The van der Waals surface area contributed by atoms with Gasteiger partial charge in [-0.15, -0.1) is 18.3 Å². The van der Waals surface area contributed by atoms with Crippen LogP contribution in [0.3, 0.4) is 0 Å². The molecule has 0 unspecified atom stereocenters. The van der Waals surface area contributed by atoms with Crippen LogP contribution in [0.4, 0.5) is 4.39 Å². The number of carboxylic acid groups (broad SMARTS) is 1. The van der Waals surface area contributed by atoms with Gasteiger partial charge in [0.25, 0.3) is 0 Å². The van der Waals surface area contributed by atoms with Gasteiger partial charge in [0.15, 0.2) is 0 Å². The molecule has 2 nitrogen and oxygen atoms in total. The maximum absolute atomic E-state index is 12.9. The molecule has 0 bridgehead atoms. The molecule has 0 saturated carbocycles. The quantitative estimate of drug-likeness (QED) is 0.616. The fraction of sp³-hybridized carbons (Fsp3) is 0.100. The van der Waals surface area contributed by atoms with E-state index in [4.69, 9.17) is 5.11 Å². The fourth-order valence-electron chi connectivity index (χ4n) is 0.913. The minimum atomic E-state index is -1.25. The van der Waals surface area contributed by atoms with Crippen molar-refractivity contribution in [1.29, 1.82) is 0 Å². The molecule has 0 fully saturated rings. The Labute approximate surface area is 85.4 Å². The summed E-state index contributed by atoms with van der Waals surface area (Å²) in [6, 6.07) is 4.04. The van der Waals surface area contributed by atoms with E-state index in [9.17, 15) is 9.18 Å². The lowest BCUT2D eigenvalue weighted by Crippen LogP contribution is -2.00. The van der Waals surface area contributed by atoms with E-state index in [1.54, 1.807) is 12.1 Å². The molecule has 74 valence electrons. The lowest BCUT2D eigenvalue weighted by atomic mass is 10.2. The Morgan fingerprint density at radius 2 is 2.36 bits per heavy atom. The molecule has 14 heavy (non-hydrogen) atoms. The summed E-state index contributed by atoms with van der Waals surface area (Å²) in [4.78, 5) is 11.3. The number of benzene rings is 1. The van der Waals surface area contributed by atoms with E-state index < -0.39 is 11.8 Å². The van der Waals surface area contributed by atoms with Gasteiger partial charge in [-0.25, -0.2) is 9.18 Å². The maximum atomic E-state index is 12.9. The van der Waals surface area contributed by atoms with E-state index in [1.165, 1.54) is 17.8 Å². The topological polar surface area (TPSA) is 37.3 Å². The zero-order valence-electron chi connectivity index (χ0n) is 7.37. The van der Waals surface area contributed by atoms with Gasteiger partial charge in [-0.2, -0.15) is 0 Å². The van der Waals surface area contributed by atoms with Crippen LogP contribution >= 0.6 is 11.8 Å². The van der Waals surface area contributed by atoms with Crippen molar-refractivity contribution in [2.24, 2.45) is 0 Å². The molecular formula is C10H9FO2S. The minimum absolute atomic E-state index is 0.293. The molecular weight excluding hydrogens is 203 g/mol. The number of hydrogen-bond donors (Lipinski definition) is 1. The van der Waals surface area contributed by atoms with Crippen LogP contribution < -0.4 is 0 Å². The summed E-state index contributed by atoms with van der Waals surface area (Å²) in [5.41, 5.74) is -0.293. The van der Waals surface area contributed by atoms with Crippen molar-refractivity contribution in [3.63, 3.8) is 0 Å². The molecule has 0 aliphatic rings. The minimum Gasteiger partial charge on any atom is -0.478 e. The Balaban J connectivity index is 2.94. The molecule has 0 aromatic heterocycles. The van der Waals surface area contributed by atoms with Crippen molar-refractivity contribution >= 4 is 17.7 Å². The molecule has 0 aliphatic heterocycles. The summed E-state index contributed by atoms with van der Waals surface area (Å²) < 4.78 is 12.9. The second-order valence-corrected chi connectivity index (χ2v) is 3.64. The summed E-state index contributed by atoms with van der Waals surface area (Å²) in [5, 5.41) is 8.65. The number of aromatic carboxylic acids is 1. The van der Waals surface area contributed by atoms with Crippen LogP contribution in [-0.4, -0.2) is 16.8 Å². The van der Waals surface area contributed by atoms with Gasteiger partial charge in [0.2, 0.25) is 0 Å². The number of carboxylic acids is 1. The molecule has 1 aromatic carbocycles. The van der Waals surface area contributed by atoms with E-state index in [-0.39, 0.29) is 5.56 Å². The molecule has 0 spiro atoms. The van der Waals surface area contributed by atoms with Gasteiger partial charge in [-0.1, -0.05) is 6.08 Å². The average Bonchev–Trinajstić information content (AvgIpc) is 2.16. The standard InChI is InChI=1S/C10H9FO2S/c1-2-5-14-7-3-4-9(11)8(6-7)10(12)13/h2-4,6H,1,5H2,(H,12,13). The van der Waals surface area contributed by atoms with E-state index >= 15 is 0 Å². The van der Waals surface area contributed by atoms with Crippen molar-refractivity contribution in [3.8, 4) is 0 Å². The molecule has 0 aliphatic carbocycles. The van der Waals surface area contributed by atoms with Crippen LogP contribution in [0.5, 0.6) is 0 Å². The molecule has 4 heteroatoms. The number of thioether (sulfide) groups is 1. The first kappa shape index (κ1) is 10.8. The summed E-state index contributed by atoms with van der Waals surface area (Å²) >= 11 is 1.41. The predicted octanol–water partition coefficient (Wildman–Crippen LogP) is 2.80. The van der Waals surface area contributed by atoms with Gasteiger partial charge in [0, 0.05) is 10.6 Å².